The molecule has 4 heteroatoms. The number of hydrogen-bond donors (Lipinski definition) is 0. The second kappa shape index (κ2) is 5.87. The molecule has 1 fully saturated rings. The molecule has 1 saturated carbocycles. The van der Waals surface area contributed by atoms with Crippen LogP contribution < -0.4 is 0 Å². The van der Waals surface area contributed by atoms with E-state index in [0.29, 0.717) is 26.1 Å². The smallest absolute Gasteiger partial charge is 0.323 e. The summed E-state index contributed by atoms with van der Waals surface area (Å²) in [4.78, 5) is 23.6. The van der Waals surface area contributed by atoms with Gasteiger partial charge in [0.2, 0.25) is 0 Å². The quantitative estimate of drug-likeness (QED) is 0.516. The normalized spacial score (nSPS) is 17.4. The van der Waals surface area contributed by atoms with Gasteiger partial charge in [-0.1, -0.05) is 13.8 Å². The third-order valence-electron chi connectivity index (χ3n) is 2.86. The average molecular weight is 228 g/mol. The van der Waals surface area contributed by atoms with Gasteiger partial charge in [0, 0.05) is 0 Å². The van der Waals surface area contributed by atoms with E-state index in [0.717, 1.165) is 19.3 Å². The van der Waals surface area contributed by atoms with Gasteiger partial charge in [0.15, 0.2) is 5.41 Å². The van der Waals surface area contributed by atoms with Crippen LogP contribution in [0.3, 0.4) is 0 Å². The summed E-state index contributed by atoms with van der Waals surface area (Å²) in [5.41, 5.74) is -0.982. The number of rotatable bonds is 6. The molecule has 0 N–H and O–H groups in total. The molecule has 0 aromatic rings. The van der Waals surface area contributed by atoms with E-state index in [9.17, 15) is 9.59 Å². The molecule has 0 heterocycles. The van der Waals surface area contributed by atoms with Gasteiger partial charge in [-0.3, -0.25) is 9.59 Å². The van der Waals surface area contributed by atoms with Crippen molar-refractivity contribution in [3.05, 3.63) is 0 Å². The molecule has 0 aliphatic heterocycles. The monoisotopic (exact) mass is 228 g/mol. The van der Waals surface area contributed by atoms with Crippen LogP contribution >= 0.6 is 0 Å². The lowest BCUT2D eigenvalue weighted by Gasteiger charge is -2.36. The van der Waals surface area contributed by atoms with Crippen molar-refractivity contribution in [1.29, 1.82) is 0 Å². The second-order valence-electron chi connectivity index (χ2n) is 4.21. The zero-order valence-electron chi connectivity index (χ0n) is 10.1. The number of esters is 2. The van der Waals surface area contributed by atoms with Gasteiger partial charge >= 0.3 is 11.9 Å². The van der Waals surface area contributed by atoms with E-state index in [1.54, 1.807) is 0 Å². The predicted octanol–water partition coefficient (Wildman–Crippen LogP) is 2.06. The van der Waals surface area contributed by atoms with Crippen molar-refractivity contribution in [1.82, 2.24) is 0 Å². The minimum absolute atomic E-state index is 0.377. The molecule has 1 aliphatic rings. The first kappa shape index (κ1) is 13.0. The molecule has 0 spiro atoms. The summed E-state index contributed by atoms with van der Waals surface area (Å²) in [5, 5.41) is 0. The second-order valence-corrected chi connectivity index (χ2v) is 4.21. The SMILES string of the molecule is CCCOC(=O)C1(C(=O)OCCC)CCC1. The third kappa shape index (κ3) is 2.54. The van der Waals surface area contributed by atoms with Crippen molar-refractivity contribution >= 4 is 11.9 Å². The highest BCUT2D eigenvalue weighted by atomic mass is 16.6. The number of ether oxygens (including phenoxy) is 2. The minimum Gasteiger partial charge on any atom is -0.465 e. The molecular formula is C12H20O4. The number of hydrogen-bond acceptors (Lipinski definition) is 4. The maximum atomic E-state index is 11.8. The van der Waals surface area contributed by atoms with Crippen LogP contribution in [0.25, 0.3) is 0 Å². The Kier molecular flexibility index (Phi) is 4.77. The van der Waals surface area contributed by atoms with Crippen LogP contribution in [0.1, 0.15) is 46.0 Å². The molecule has 0 atom stereocenters. The fourth-order valence-electron chi connectivity index (χ4n) is 1.69. The van der Waals surface area contributed by atoms with Crippen LogP contribution in [-0.4, -0.2) is 25.2 Å². The Morgan fingerprint density at radius 2 is 1.44 bits per heavy atom. The van der Waals surface area contributed by atoms with Crippen LogP contribution in [0.4, 0.5) is 0 Å². The first-order chi connectivity index (χ1) is 7.67. The van der Waals surface area contributed by atoms with E-state index in [4.69, 9.17) is 9.47 Å². The van der Waals surface area contributed by atoms with Crippen LogP contribution in [0, 0.1) is 5.41 Å². The fraction of sp³-hybridized carbons (Fsp3) is 0.833. The van der Waals surface area contributed by atoms with E-state index >= 15 is 0 Å². The molecule has 16 heavy (non-hydrogen) atoms. The molecule has 0 saturated heterocycles. The molecule has 1 aliphatic carbocycles. The van der Waals surface area contributed by atoms with Gasteiger partial charge in [-0.05, 0) is 32.1 Å². The Bertz CT molecular complexity index is 234. The highest BCUT2D eigenvalue weighted by Crippen LogP contribution is 2.43. The summed E-state index contributed by atoms with van der Waals surface area (Å²) >= 11 is 0. The predicted molar refractivity (Wildman–Crippen MR) is 58.8 cm³/mol. The Morgan fingerprint density at radius 1 is 1.00 bits per heavy atom. The molecule has 0 radical (unpaired) electrons. The Morgan fingerprint density at radius 3 is 1.69 bits per heavy atom. The molecular weight excluding hydrogens is 208 g/mol. The summed E-state index contributed by atoms with van der Waals surface area (Å²) in [5.74, 6) is -0.802. The highest BCUT2D eigenvalue weighted by molar-refractivity contribution is 6.01. The van der Waals surface area contributed by atoms with Gasteiger partial charge in [0.05, 0.1) is 13.2 Å². The lowest BCUT2D eigenvalue weighted by atomic mass is 9.69. The van der Waals surface area contributed by atoms with Crippen molar-refractivity contribution in [3.63, 3.8) is 0 Å². The lowest BCUT2D eigenvalue weighted by Crippen LogP contribution is -2.47. The topological polar surface area (TPSA) is 52.6 Å². The summed E-state index contributed by atoms with van der Waals surface area (Å²) in [6, 6.07) is 0. The van der Waals surface area contributed by atoms with Crippen LogP contribution in [0.15, 0.2) is 0 Å². The van der Waals surface area contributed by atoms with Crippen LogP contribution in [0.2, 0.25) is 0 Å². The van der Waals surface area contributed by atoms with Gasteiger partial charge in [0.25, 0.3) is 0 Å². The highest BCUT2D eigenvalue weighted by Gasteiger charge is 2.53. The first-order valence-electron chi connectivity index (χ1n) is 6.02. The van der Waals surface area contributed by atoms with Crippen molar-refractivity contribution in [3.8, 4) is 0 Å². The van der Waals surface area contributed by atoms with Gasteiger partial charge in [-0.2, -0.15) is 0 Å². The standard InChI is InChI=1S/C12H20O4/c1-3-8-15-10(13)12(6-5-7-12)11(14)16-9-4-2/h3-9H2,1-2H3. The van der Waals surface area contributed by atoms with Crippen LogP contribution in [-0.2, 0) is 19.1 Å². The molecule has 4 nitrogen and oxygen atoms in total. The molecule has 0 amide bonds. The average Bonchev–Trinajstić information content (AvgIpc) is 2.21. The van der Waals surface area contributed by atoms with E-state index in [-0.39, 0.29) is 0 Å². The fourth-order valence-corrected chi connectivity index (χ4v) is 1.69. The van der Waals surface area contributed by atoms with Gasteiger partial charge in [0.1, 0.15) is 0 Å². The maximum Gasteiger partial charge on any atom is 0.323 e. The Hall–Kier alpha value is -1.06. The van der Waals surface area contributed by atoms with Crippen molar-refractivity contribution in [2.75, 3.05) is 13.2 Å². The van der Waals surface area contributed by atoms with Gasteiger partial charge in [-0.15, -0.1) is 0 Å². The maximum absolute atomic E-state index is 11.8. The molecule has 92 valence electrons. The minimum atomic E-state index is -0.982. The number of carbonyl (C=O) groups is 2. The van der Waals surface area contributed by atoms with E-state index in [1.807, 2.05) is 13.8 Å². The summed E-state index contributed by atoms with van der Waals surface area (Å²) in [6.07, 6.45) is 3.57. The zero-order chi connectivity index (χ0) is 12.0. The first-order valence-corrected chi connectivity index (χ1v) is 6.02. The number of carbonyl (C=O) groups excluding carboxylic acids is 2. The van der Waals surface area contributed by atoms with Crippen molar-refractivity contribution in [2.45, 2.75) is 46.0 Å². The zero-order valence-corrected chi connectivity index (χ0v) is 10.1. The van der Waals surface area contributed by atoms with Gasteiger partial charge in [-0.25, -0.2) is 0 Å². The van der Waals surface area contributed by atoms with Crippen molar-refractivity contribution < 1.29 is 19.1 Å². The van der Waals surface area contributed by atoms with Gasteiger partial charge < -0.3 is 9.47 Å². The van der Waals surface area contributed by atoms with E-state index < -0.39 is 17.4 Å². The molecule has 0 aromatic heterocycles. The largest absolute Gasteiger partial charge is 0.465 e. The summed E-state index contributed by atoms with van der Waals surface area (Å²) in [7, 11) is 0. The summed E-state index contributed by atoms with van der Waals surface area (Å²) < 4.78 is 10.1. The van der Waals surface area contributed by atoms with Crippen molar-refractivity contribution in [2.24, 2.45) is 5.41 Å². The van der Waals surface area contributed by atoms with Crippen LogP contribution in [0.5, 0.6) is 0 Å². The lowest BCUT2D eigenvalue weighted by molar-refractivity contribution is -0.179. The molecule has 0 aromatic carbocycles. The Labute approximate surface area is 96.3 Å². The third-order valence-corrected chi connectivity index (χ3v) is 2.86. The molecule has 0 bridgehead atoms. The summed E-state index contributed by atoms with van der Waals surface area (Å²) in [6.45, 7) is 4.61. The Balaban J connectivity index is 2.55. The molecule has 1 rings (SSSR count). The van der Waals surface area contributed by atoms with E-state index in [1.165, 1.54) is 0 Å². The van der Waals surface area contributed by atoms with E-state index in [2.05, 4.69) is 0 Å². The molecule has 0 unspecified atom stereocenters.